The molecule has 1 heterocycles. The van der Waals surface area contributed by atoms with Crippen molar-refractivity contribution < 1.29 is 9.57 Å². The molecule has 3 rings (SSSR count). The Kier molecular flexibility index (Phi) is 4.91. The van der Waals surface area contributed by atoms with Crippen molar-refractivity contribution in [1.82, 2.24) is 9.97 Å². The van der Waals surface area contributed by atoms with Gasteiger partial charge in [-0.3, -0.25) is 0 Å². The first-order chi connectivity index (χ1) is 11.8. The summed E-state index contributed by atoms with van der Waals surface area (Å²) in [4.78, 5) is 12.4. The number of aromatic nitrogens is 2. The van der Waals surface area contributed by atoms with Crippen LogP contribution in [0.4, 0.5) is 0 Å². The van der Waals surface area contributed by atoms with Gasteiger partial charge in [-0.2, -0.15) is 0 Å². The SMILES string of the molecule is CO/N=C(/c1ncc[nH]1)c1ccccc1COc1ccccc1C. The second-order valence-electron chi connectivity index (χ2n) is 5.27. The lowest BCUT2D eigenvalue weighted by Crippen LogP contribution is -2.11. The average molecular weight is 321 g/mol. The second kappa shape index (κ2) is 7.46. The molecule has 0 atom stereocenters. The minimum Gasteiger partial charge on any atom is -0.489 e. The lowest BCUT2D eigenvalue weighted by molar-refractivity contribution is 0.213. The fourth-order valence-corrected chi connectivity index (χ4v) is 2.46. The third-order valence-electron chi connectivity index (χ3n) is 3.65. The monoisotopic (exact) mass is 321 g/mol. The fraction of sp³-hybridized carbons (Fsp3) is 0.158. The number of para-hydroxylation sites is 1. The fourth-order valence-electron chi connectivity index (χ4n) is 2.46. The normalized spacial score (nSPS) is 11.3. The molecular weight excluding hydrogens is 302 g/mol. The molecule has 0 aliphatic heterocycles. The highest BCUT2D eigenvalue weighted by Crippen LogP contribution is 2.20. The minimum absolute atomic E-state index is 0.435. The summed E-state index contributed by atoms with van der Waals surface area (Å²) in [6.07, 6.45) is 3.44. The van der Waals surface area contributed by atoms with Gasteiger partial charge in [0.15, 0.2) is 11.5 Å². The molecule has 5 nitrogen and oxygen atoms in total. The van der Waals surface area contributed by atoms with Crippen LogP contribution in [0.5, 0.6) is 5.75 Å². The number of benzene rings is 2. The Morgan fingerprint density at radius 2 is 1.92 bits per heavy atom. The Balaban J connectivity index is 1.90. The lowest BCUT2D eigenvalue weighted by Gasteiger charge is -2.13. The van der Waals surface area contributed by atoms with Gasteiger partial charge in [0.25, 0.3) is 0 Å². The molecule has 0 aliphatic carbocycles. The molecule has 0 saturated carbocycles. The van der Waals surface area contributed by atoms with Crippen LogP contribution in [0.1, 0.15) is 22.5 Å². The summed E-state index contributed by atoms with van der Waals surface area (Å²) in [5, 5.41) is 4.14. The van der Waals surface area contributed by atoms with E-state index in [9.17, 15) is 0 Å². The van der Waals surface area contributed by atoms with E-state index in [0.717, 1.165) is 22.4 Å². The Morgan fingerprint density at radius 1 is 1.12 bits per heavy atom. The van der Waals surface area contributed by atoms with E-state index >= 15 is 0 Å². The number of nitrogens with one attached hydrogen (secondary N) is 1. The van der Waals surface area contributed by atoms with Crippen molar-refractivity contribution in [2.45, 2.75) is 13.5 Å². The van der Waals surface area contributed by atoms with Crippen LogP contribution >= 0.6 is 0 Å². The largest absolute Gasteiger partial charge is 0.489 e. The molecule has 3 aromatic rings. The van der Waals surface area contributed by atoms with Crippen LogP contribution in [0.15, 0.2) is 66.1 Å². The van der Waals surface area contributed by atoms with Crippen molar-refractivity contribution in [2.24, 2.45) is 5.16 Å². The predicted octanol–water partition coefficient (Wildman–Crippen LogP) is 3.70. The summed E-state index contributed by atoms with van der Waals surface area (Å²) in [5.41, 5.74) is 3.68. The first-order valence-corrected chi connectivity index (χ1v) is 7.67. The van der Waals surface area contributed by atoms with E-state index in [-0.39, 0.29) is 0 Å². The maximum absolute atomic E-state index is 5.98. The van der Waals surface area contributed by atoms with Gasteiger partial charge in [0.05, 0.1) is 0 Å². The van der Waals surface area contributed by atoms with Gasteiger partial charge in [0, 0.05) is 18.0 Å². The van der Waals surface area contributed by atoms with Crippen LogP contribution in [0.25, 0.3) is 0 Å². The summed E-state index contributed by atoms with van der Waals surface area (Å²) in [6, 6.07) is 15.9. The molecule has 0 radical (unpaired) electrons. The van der Waals surface area contributed by atoms with Crippen LogP contribution in [0.2, 0.25) is 0 Å². The van der Waals surface area contributed by atoms with Gasteiger partial charge in [0.2, 0.25) is 0 Å². The van der Waals surface area contributed by atoms with E-state index in [2.05, 4.69) is 15.1 Å². The third-order valence-corrected chi connectivity index (χ3v) is 3.65. The molecule has 1 aromatic heterocycles. The molecule has 0 unspecified atom stereocenters. The van der Waals surface area contributed by atoms with E-state index in [4.69, 9.17) is 9.57 Å². The molecule has 0 fully saturated rings. The molecule has 1 N–H and O–H groups in total. The highest BCUT2D eigenvalue weighted by molar-refractivity contribution is 6.11. The van der Waals surface area contributed by atoms with Crippen LogP contribution in [-0.4, -0.2) is 22.8 Å². The summed E-state index contributed by atoms with van der Waals surface area (Å²) >= 11 is 0. The van der Waals surface area contributed by atoms with Crippen molar-refractivity contribution in [1.29, 1.82) is 0 Å². The van der Waals surface area contributed by atoms with E-state index in [1.807, 2.05) is 55.5 Å². The Hall–Kier alpha value is -3.08. The highest BCUT2D eigenvalue weighted by atomic mass is 16.6. The number of hydrogen-bond donors (Lipinski definition) is 1. The molecule has 0 amide bonds. The molecule has 0 bridgehead atoms. The molecule has 24 heavy (non-hydrogen) atoms. The van der Waals surface area contributed by atoms with E-state index in [1.165, 1.54) is 7.11 Å². The first kappa shape index (κ1) is 15.8. The van der Waals surface area contributed by atoms with Crippen molar-refractivity contribution in [3.05, 3.63) is 83.4 Å². The Morgan fingerprint density at radius 3 is 2.67 bits per heavy atom. The number of rotatable bonds is 6. The zero-order valence-corrected chi connectivity index (χ0v) is 13.7. The van der Waals surface area contributed by atoms with E-state index in [1.54, 1.807) is 12.4 Å². The molecule has 2 aromatic carbocycles. The van der Waals surface area contributed by atoms with Gasteiger partial charge in [-0.25, -0.2) is 4.98 Å². The van der Waals surface area contributed by atoms with E-state index < -0.39 is 0 Å². The summed E-state index contributed by atoms with van der Waals surface area (Å²) in [7, 11) is 1.52. The third kappa shape index (κ3) is 3.46. The number of ether oxygens (including phenoxy) is 1. The quantitative estimate of drug-likeness (QED) is 0.556. The van der Waals surface area contributed by atoms with Crippen LogP contribution < -0.4 is 4.74 Å². The molecule has 0 saturated heterocycles. The molecule has 0 spiro atoms. The summed E-state index contributed by atoms with van der Waals surface area (Å²) < 4.78 is 5.98. The van der Waals surface area contributed by atoms with Gasteiger partial charge in [0.1, 0.15) is 19.5 Å². The Labute approximate surface area is 141 Å². The molecule has 5 heteroatoms. The van der Waals surface area contributed by atoms with E-state index in [0.29, 0.717) is 18.1 Å². The minimum atomic E-state index is 0.435. The predicted molar refractivity (Wildman–Crippen MR) is 93.2 cm³/mol. The standard InChI is InChI=1S/C19H19N3O2/c1-14-7-3-6-10-17(14)24-13-15-8-4-5-9-16(15)18(22-23-2)19-20-11-12-21-19/h3-12H,13H2,1-2H3,(H,20,21)/b22-18+. The topological polar surface area (TPSA) is 59.5 Å². The zero-order chi connectivity index (χ0) is 16.8. The number of hydrogen-bond acceptors (Lipinski definition) is 4. The van der Waals surface area contributed by atoms with Crippen molar-refractivity contribution in [3.8, 4) is 5.75 Å². The smallest absolute Gasteiger partial charge is 0.160 e. The molecular formula is C19H19N3O2. The maximum Gasteiger partial charge on any atom is 0.160 e. The van der Waals surface area contributed by atoms with Crippen LogP contribution in [-0.2, 0) is 11.4 Å². The summed E-state index contributed by atoms with van der Waals surface area (Å²) in [5.74, 6) is 1.52. The first-order valence-electron chi connectivity index (χ1n) is 7.67. The summed E-state index contributed by atoms with van der Waals surface area (Å²) in [6.45, 7) is 2.46. The number of imidazole rings is 1. The average Bonchev–Trinajstić information content (AvgIpc) is 3.14. The Bertz CT molecular complexity index is 826. The second-order valence-corrected chi connectivity index (χ2v) is 5.27. The molecule has 0 aliphatic rings. The number of oxime groups is 1. The molecule has 122 valence electrons. The van der Waals surface area contributed by atoms with Gasteiger partial charge in [-0.15, -0.1) is 0 Å². The van der Waals surface area contributed by atoms with Crippen molar-refractivity contribution >= 4 is 5.71 Å². The zero-order valence-electron chi connectivity index (χ0n) is 13.7. The number of aromatic amines is 1. The van der Waals surface area contributed by atoms with Crippen LogP contribution in [0.3, 0.4) is 0 Å². The van der Waals surface area contributed by atoms with Gasteiger partial charge < -0.3 is 14.6 Å². The van der Waals surface area contributed by atoms with Gasteiger partial charge in [-0.05, 0) is 24.1 Å². The highest BCUT2D eigenvalue weighted by Gasteiger charge is 2.15. The van der Waals surface area contributed by atoms with Crippen molar-refractivity contribution in [2.75, 3.05) is 7.11 Å². The van der Waals surface area contributed by atoms with Crippen molar-refractivity contribution in [3.63, 3.8) is 0 Å². The van der Waals surface area contributed by atoms with Gasteiger partial charge >= 0.3 is 0 Å². The number of aryl methyl sites for hydroxylation is 1. The van der Waals surface area contributed by atoms with Gasteiger partial charge in [-0.1, -0.05) is 47.6 Å². The number of nitrogens with zero attached hydrogens (tertiary/aromatic N) is 2. The van der Waals surface area contributed by atoms with Crippen LogP contribution in [0, 0.1) is 6.92 Å². The lowest BCUT2D eigenvalue weighted by atomic mass is 10.0. The maximum atomic E-state index is 5.98. The number of H-pyrrole nitrogens is 1.